The molecule has 0 spiro atoms. The van der Waals surface area contributed by atoms with Crippen LogP contribution in [0.25, 0.3) is 0 Å². The summed E-state index contributed by atoms with van der Waals surface area (Å²) < 4.78 is 41.5. The Morgan fingerprint density at radius 1 is 1.25 bits per heavy atom. The van der Waals surface area contributed by atoms with Gasteiger partial charge in [0.1, 0.15) is 5.75 Å². The van der Waals surface area contributed by atoms with Gasteiger partial charge in [-0.15, -0.1) is 13.2 Å². The van der Waals surface area contributed by atoms with Crippen LogP contribution in [-0.2, 0) is 10.3 Å². The number of nitrogens with two attached hydrogens (primary N) is 1. The van der Waals surface area contributed by atoms with Gasteiger partial charge in [0, 0.05) is 12.1 Å². The van der Waals surface area contributed by atoms with Crippen LogP contribution in [-0.4, -0.2) is 31.4 Å². The predicted octanol–water partition coefficient (Wildman–Crippen LogP) is 2.65. The fraction of sp³-hybridized carbons (Fsp3) is 0.650. The highest BCUT2D eigenvalue weighted by molar-refractivity contribution is 5.80. The van der Waals surface area contributed by atoms with E-state index in [1.54, 1.807) is 12.1 Å². The van der Waals surface area contributed by atoms with E-state index >= 15 is 0 Å². The molecule has 5 nitrogen and oxygen atoms in total. The van der Waals surface area contributed by atoms with Crippen molar-refractivity contribution in [2.45, 2.75) is 50.0 Å². The first-order valence-corrected chi connectivity index (χ1v) is 9.91. The van der Waals surface area contributed by atoms with Crippen LogP contribution in [0.15, 0.2) is 24.3 Å². The standard InChI is InChI=1S/C20H26F3N3O2/c21-20(22,23)28-15-5-3-14(4-6-15)19(8-7-13-10-25-11-16(13)19)26-17(18(24)27)9-12-1-2-12/h3-6,12-13,16-17,25-26H,1-2,7-11H2,(H2,24,27)/t13-,16+,17+,19-/m1/s1. The molecule has 1 amide bonds. The van der Waals surface area contributed by atoms with Gasteiger partial charge in [0.15, 0.2) is 0 Å². The van der Waals surface area contributed by atoms with Crippen molar-refractivity contribution in [2.75, 3.05) is 13.1 Å². The van der Waals surface area contributed by atoms with Crippen LogP contribution in [0.5, 0.6) is 5.75 Å². The molecule has 2 aliphatic carbocycles. The molecule has 1 aromatic rings. The third kappa shape index (κ3) is 3.98. The van der Waals surface area contributed by atoms with Gasteiger partial charge in [-0.25, -0.2) is 0 Å². The number of primary amides is 1. The molecule has 3 aliphatic rings. The maximum Gasteiger partial charge on any atom is 0.573 e. The van der Waals surface area contributed by atoms with E-state index in [9.17, 15) is 18.0 Å². The number of hydrogen-bond donors (Lipinski definition) is 3. The van der Waals surface area contributed by atoms with Gasteiger partial charge < -0.3 is 15.8 Å². The summed E-state index contributed by atoms with van der Waals surface area (Å²) in [5.74, 6) is 0.673. The van der Waals surface area contributed by atoms with Gasteiger partial charge >= 0.3 is 6.36 Å². The number of benzene rings is 1. The summed E-state index contributed by atoms with van der Waals surface area (Å²) in [6.45, 7) is 1.74. The summed E-state index contributed by atoms with van der Waals surface area (Å²) in [6.07, 6.45) is 0.0766. The Kier molecular flexibility index (Phi) is 5.03. The van der Waals surface area contributed by atoms with Crippen LogP contribution in [0.4, 0.5) is 13.2 Å². The number of carbonyl (C=O) groups is 1. The number of hydrogen-bond acceptors (Lipinski definition) is 4. The van der Waals surface area contributed by atoms with Crippen molar-refractivity contribution in [2.24, 2.45) is 23.5 Å². The van der Waals surface area contributed by atoms with Crippen LogP contribution < -0.4 is 21.1 Å². The lowest BCUT2D eigenvalue weighted by Crippen LogP contribution is -2.55. The second-order valence-electron chi connectivity index (χ2n) is 8.39. The van der Waals surface area contributed by atoms with Crippen molar-refractivity contribution in [3.8, 4) is 5.75 Å². The maximum absolute atomic E-state index is 12.5. The zero-order valence-electron chi connectivity index (χ0n) is 15.6. The first kappa shape index (κ1) is 19.5. The molecule has 1 aliphatic heterocycles. The van der Waals surface area contributed by atoms with E-state index < -0.39 is 17.9 Å². The molecule has 4 atom stereocenters. The molecular formula is C20H26F3N3O2. The number of fused-ring (bicyclic) bond motifs is 1. The lowest BCUT2D eigenvalue weighted by molar-refractivity contribution is -0.274. The van der Waals surface area contributed by atoms with Crippen molar-refractivity contribution in [3.63, 3.8) is 0 Å². The fourth-order valence-corrected chi connectivity index (χ4v) is 5.03. The van der Waals surface area contributed by atoms with Crippen LogP contribution in [0, 0.1) is 17.8 Å². The summed E-state index contributed by atoms with van der Waals surface area (Å²) in [4.78, 5) is 12.1. The Morgan fingerprint density at radius 3 is 2.57 bits per heavy atom. The Hall–Kier alpha value is -1.80. The average molecular weight is 397 g/mol. The topological polar surface area (TPSA) is 76.4 Å². The second-order valence-corrected chi connectivity index (χ2v) is 8.39. The SMILES string of the molecule is NC(=O)[C@H](CC1CC1)N[C@@]1(c2ccc(OC(F)(F)F)cc2)CC[C@@H]2CNC[C@@H]21. The highest BCUT2D eigenvalue weighted by atomic mass is 19.4. The molecule has 2 saturated carbocycles. The number of amides is 1. The second kappa shape index (κ2) is 7.22. The zero-order chi connectivity index (χ0) is 19.9. The third-order valence-electron chi connectivity index (χ3n) is 6.53. The molecule has 4 rings (SSSR count). The molecule has 154 valence electrons. The quantitative estimate of drug-likeness (QED) is 0.661. The molecular weight excluding hydrogens is 371 g/mol. The molecule has 28 heavy (non-hydrogen) atoms. The average Bonchev–Trinajstić information content (AvgIpc) is 3.18. The van der Waals surface area contributed by atoms with Gasteiger partial charge in [0.2, 0.25) is 5.91 Å². The number of nitrogens with one attached hydrogen (secondary N) is 2. The minimum atomic E-state index is -4.72. The molecule has 0 unspecified atom stereocenters. The van der Waals surface area contributed by atoms with Gasteiger partial charge in [-0.2, -0.15) is 0 Å². The summed E-state index contributed by atoms with van der Waals surface area (Å²) in [5, 5.41) is 7.00. The molecule has 1 aromatic carbocycles. The Morgan fingerprint density at radius 2 is 1.96 bits per heavy atom. The van der Waals surface area contributed by atoms with E-state index in [2.05, 4.69) is 15.4 Å². The van der Waals surface area contributed by atoms with Gasteiger partial charge in [-0.1, -0.05) is 25.0 Å². The van der Waals surface area contributed by atoms with E-state index in [4.69, 9.17) is 5.73 Å². The van der Waals surface area contributed by atoms with E-state index in [0.717, 1.165) is 50.8 Å². The summed E-state index contributed by atoms with van der Waals surface area (Å²) >= 11 is 0. The van der Waals surface area contributed by atoms with E-state index in [-0.39, 0.29) is 17.6 Å². The van der Waals surface area contributed by atoms with Crippen molar-refractivity contribution in [1.82, 2.24) is 10.6 Å². The molecule has 1 saturated heterocycles. The number of rotatable bonds is 7. The lowest BCUT2D eigenvalue weighted by atomic mass is 9.78. The fourth-order valence-electron chi connectivity index (χ4n) is 5.03. The zero-order valence-corrected chi connectivity index (χ0v) is 15.6. The maximum atomic E-state index is 12.5. The van der Waals surface area contributed by atoms with Crippen molar-refractivity contribution in [3.05, 3.63) is 29.8 Å². The van der Waals surface area contributed by atoms with E-state index in [1.807, 2.05) is 0 Å². The largest absolute Gasteiger partial charge is 0.573 e. The molecule has 1 heterocycles. The number of carbonyl (C=O) groups excluding carboxylic acids is 1. The van der Waals surface area contributed by atoms with Crippen LogP contribution in [0.3, 0.4) is 0 Å². The van der Waals surface area contributed by atoms with E-state index in [1.165, 1.54) is 12.1 Å². The summed E-state index contributed by atoms with van der Waals surface area (Å²) in [7, 11) is 0. The van der Waals surface area contributed by atoms with Gasteiger partial charge in [0.25, 0.3) is 0 Å². The molecule has 0 radical (unpaired) electrons. The summed E-state index contributed by atoms with van der Waals surface area (Å²) in [6, 6.07) is 5.64. The van der Waals surface area contributed by atoms with E-state index in [0.29, 0.717) is 11.8 Å². The number of halogens is 3. The van der Waals surface area contributed by atoms with Crippen molar-refractivity contribution in [1.29, 1.82) is 0 Å². The Bertz CT molecular complexity index is 720. The molecule has 8 heteroatoms. The molecule has 4 N–H and O–H groups in total. The minimum Gasteiger partial charge on any atom is -0.406 e. The Balaban J connectivity index is 1.63. The smallest absolute Gasteiger partial charge is 0.406 e. The monoisotopic (exact) mass is 397 g/mol. The first-order chi connectivity index (χ1) is 13.3. The normalized spacial score (nSPS) is 30.8. The lowest BCUT2D eigenvalue weighted by Gasteiger charge is -2.39. The number of alkyl halides is 3. The van der Waals surface area contributed by atoms with Crippen LogP contribution >= 0.6 is 0 Å². The summed E-state index contributed by atoms with van der Waals surface area (Å²) in [5.41, 5.74) is 6.11. The highest BCUT2D eigenvalue weighted by Gasteiger charge is 2.52. The third-order valence-corrected chi connectivity index (χ3v) is 6.53. The van der Waals surface area contributed by atoms with Crippen LogP contribution in [0.2, 0.25) is 0 Å². The van der Waals surface area contributed by atoms with Gasteiger partial charge in [-0.05, 0) is 61.3 Å². The van der Waals surface area contributed by atoms with Crippen LogP contribution in [0.1, 0.15) is 37.7 Å². The molecule has 0 bridgehead atoms. The highest BCUT2D eigenvalue weighted by Crippen LogP contribution is 2.49. The molecule has 0 aromatic heterocycles. The Labute approximate surface area is 162 Å². The minimum absolute atomic E-state index is 0.241. The van der Waals surface area contributed by atoms with Crippen molar-refractivity contribution < 1.29 is 22.7 Å². The first-order valence-electron chi connectivity index (χ1n) is 9.91. The van der Waals surface area contributed by atoms with Gasteiger partial charge in [0.05, 0.1) is 6.04 Å². The predicted molar refractivity (Wildman–Crippen MR) is 97.3 cm³/mol. The van der Waals surface area contributed by atoms with Gasteiger partial charge in [-0.3, -0.25) is 10.1 Å². The molecule has 3 fully saturated rings. The van der Waals surface area contributed by atoms with Crippen molar-refractivity contribution >= 4 is 5.91 Å². The number of ether oxygens (including phenoxy) is 1.